The minimum atomic E-state index is 1.27. The molecule has 0 bridgehead atoms. The van der Waals surface area contributed by atoms with E-state index in [2.05, 4.69) is 74.0 Å². The maximum atomic E-state index is 2.24. The van der Waals surface area contributed by atoms with Crippen molar-refractivity contribution in [3.05, 3.63) is 47.7 Å². The average Bonchev–Trinajstić information content (AvgIpc) is 2.57. The summed E-state index contributed by atoms with van der Waals surface area (Å²) in [7, 11) is 2.12. The molecule has 82 valence electrons. The van der Waals surface area contributed by atoms with Crippen molar-refractivity contribution >= 4 is 23.1 Å². The number of hydrogen-bond donors (Lipinski definition) is 0. The zero-order chi connectivity index (χ0) is 11.5. The van der Waals surface area contributed by atoms with Gasteiger partial charge in [0.1, 0.15) is 0 Å². The van der Waals surface area contributed by atoms with Gasteiger partial charge in [-0.2, -0.15) is 0 Å². The fraction of sp³-hybridized carbons (Fsp3) is 0.200. The van der Waals surface area contributed by atoms with E-state index in [1.807, 2.05) is 0 Å². The molecule has 0 N–H and O–H groups in total. The van der Waals surface area contributed by atoms with Crippen LogP contribution < -0.4 is 0 Å². The number of benzene rings is 1. The monoisotopic (exact) mass is 211 g/mol. The summed E-state index contributed by atoms with van der Waals surface area (Å²) in [4.78, 5) is 0. The van der Waals surface area contributed by atoms with E-state index in [9.17, 15) is 0 Å². The molecule has 1 nitrogen and oxygen atoms in total. The fourth-order valence-corrected chi connectivity index (χ4v) is 2.14. The van der Waals surface area contributed by atoms with Gasteiger partial charge < -0.3 is 4.57 Å². The van der Waals surface area contributed by atoms with Crippen LogP contribution in [0.5, 0.6) is 0 Å². The van der Waals surface area contributed by atoms with Crippen molar-refractivity contribution in [3.8, 4) is 0 Å². The van der Waals surface area contributed by atoms with Gasteiger partial charge in [-0.15, -0.1) is 0 Å². The van der Waals surface area contributed by atoms with Gasteiger partial charge in [-0.3, -0.25) is 0 Å². The third-order valence-corrected chi connectivity index (χ3v) is 2.85. The van der Waals surface area contributed by atoms with Crippen LogP contribution >= 0.6 is 0 Å². The third kappa shape index (κ3) is 1.58. The Labute approximate surface area is 96.7 Å². The van der Waals surface area contributed by atoms with Gasteiger partial charge in [-0.05, 0) is 26.0 Å². The molecule has 1 heteroatoms. The summed E-state index contributed by atoms with van der Waals surface area (Å²) < 4.78 is 2.24. The predicted molar refractivity (Wildman–Crippen MR) is 72.3 cm³/mol. The molecule has 0 aliphatic carbocycles. The largest absolute Gasteiger partial charge is 0.344 e. The van der Waals surface area contributed by atoms with Gasteiger partial charge in [0, 0.05) is 29.2 Å². The Hall–Kier alpha value is -1.76. The molecule has 0 amide bonds. The first-order valence-electron chi connectivity index (χ1n) is 5.62. The third-order valence-electron chi connectivity index (χ3n) is 2.85. The molecular weight excluding hydrogens is 194 g/mol. The molecule has 0 saturated heterocycles. The van der Waals surface area contributed by atoms with Crippen molar-refractivity contribution in [1.82, 2.24) is 4.57 Å². The normalized spacial score (nSPS) is 12.2. The van der Waals surface area contributed by atoms with Crippen LogP contribution in [-0.2, 0) is 7.05 Å². The summed E-state index contributed by atoms with van der Waals surface area (Å²) in [5, 5.41) is 1.32. The summed E-state index contributed by atoms with van der Waals surface area (Å²) >= 11 is 0. The van der Waals surface area contributed by atoms with Crippen molar-refractivity contribution in [2.75, 3.05) is 0 Å². The van der Waals surface area contributed by atoms with Crippen molar-refractivity contribution in [2.24, 2.45) is 7.05 Å². The number of aryl methyl sites for hydroxylation is 1. The predicted octanol–water partition coefficient (Wildman–Crippen LogP) is 4.24. The van der Waals surface area contributed by atoms with E-state index in [-0.39, 0.29) is 0 Å². The average molecular weight is 211 g/mol. The van der Waals surface area contributed by atoms with Crippen LogP contribution in [0.4, 0.5) is 0 Å². The van der Waals surface area contributed by atoms with Crippen molar-refractivity contribution < 1.29 is 0 Å². The van der Waals surface area contributed by atoms with Gasteiger partial charge in [0.25, 0.3) is 0 Å². The Balaban J connectivity index is 2.85. The van der Waals surface area contributed by atoms with E-state index < -0.39 is 0 Å². The zero-order valence-corrected chi connectivity index (χ0v) is 10.1. The Bertz CT molecular complexity index is 556. The number of para-hydroxylation sites is 1. The number of aromatic nitrogens is 1. The molecule has 0 radical (unpaired) electrons. The second kappa shape index (κ2) is 4.40. The molecule has 1 aromatic carbocycles. The highest BCUT2D eigenvalue weighted by Gasteiger charge is 2.09. The van der Waals surface area contributed by atoms with Gasteiger partial charge in [0.05, 0.1) is 0 Å². The number of hydrogen-bond acceptors (Lipinski definition) is 0. The lowest BCUT2D eigenvalue weighted by atomic mass is 10.1. The zero-order valence-electron chi connectivity index (χ0n) is 10.1. The topological polar surface area (TPSA) is 4.93 Å². The molecule has 0 atom stereocenters. The summed E-state index contributed by atoms with van der Waals surface area (Å²) in [6.45, 7) is 4.11. The Morgan fingerprint density at radius 3 is 2.38 bits per heavy atom. The van der Waals surface area contributed by atoms with Crippen LogP contribution in [-0.4, -0.2) is 4.57 Å². The van der Waals surface area contributed by atoms with Crippen LogP contribution in [0, 0.1) is 0 Å². The first-order chi connectivity index (χ1) is 7.79. The molecule has 16 heavy (non-hydrogen) atoms. The number of allylic oxidation sites excluding steroid dienone is 2. The van der Waals surface area contributed by atoms with Gasteiger partial charge in [0.15, 0.2) is 0 Å². The standard InChI is InChI=1S/C15H17N/c1-4-8-12-13-10-6-7-11-15(13)16(3)14(12)9-5-2/h4-11H,1-3H3/b8-4-,9-5+. The van der Waals surface area contributed by atoms with E-state index in [1.165, 1.54) is 22.2 Å². The fourth-order valence-electron chi connectivity index (χ4n) is 2.14. The lowest BCUT2D eigenvalue weighted by Crippen LogP contribution is -1.90. The summed E-state index contributed by atoms with van der Waals surface area (Å²) in [6, 6.07) is 8.52. The van der Waals surface area contributed by atoms with Crippen molar-refractivity contribution in [1.29, 1.82) is 0 Å². The SMILES string of the molecule is C/C=C\c1c(/C=C/C)n(C)c2ccccc12. The molecule has 2 aromatic rings. The summed E-state index contributed by atoms with van der Waals surface area (Å²) in [5.74, 6) is 0. The van der Waals surface area contributed by atoms with Crippen LogP contribution in [0.2, 0.25) is 0 Å². The molecule has 0 unspecified atom stereocenters. The van der Waals surface area contributed by atoms with E-state index in [0.29, 0.717) is 0 Å². The Morgan fingerprint density at radius 1 is 1.00 bits per heavy atom. The second-order valence-corrected chi connectivity index (χ2v) is 3.88. The van der Waals surface area contributed by atoms with Crippen LogP contribution in [0.3, 0.4) is 0 Å². The first kappa shape index (κ1) is 10.7. The smallest absolute Gasteiger partial charge is 0.0488 e. The molecule has 2 rings (SSSR count). The van der Waals surface area contributed by atoms with Crippen molar-refractivity contribution in [3.63, 3.8) is 0 Å². The molecule has 0 spiro atoms. The van der Waals surface area contributed by atoms with Crippen LogP contribution in [0.1, 0.15) is 25.1 Å². The molecule has 0 aliphatic heterocycles. The number of nitrogens with zero attached hydrogens (tertiary/aromatic N) is 1. The van der Waals surface area contributed by atoms with Crippen molar-refractivity contribution in [2.45, 2.75) is 13.8 Å². The Kier molecular flexibility index (Phi) is 2.95. The highest BCUT2D eigenvalue weighted by atomic mass is 14.9. The van der Waals surface area contributed by atoms with Crippen LogP contribution in [0.25, 0.3) is 23.1 Å². The van der Waals surface area contributed by atoms with Gasteiger partial charge in [-0.25, -0.2) is 0 Å². The minimum absolute atomic E-state index is 1.27. The van der Waals surface area contributed by atoms with E-state index in [1.54, 1.807) is 0 Å². The van der Waals surface area contributed by atoms with E-state index in [4.69, 9.17) is 0 Å². The van der Waals surface area contributed by atoms with E-state index in [0.717, 1.165) is 0 Å². The minimum Gasteiger partial charge on any atom is -0.344 e. The van der Waals surface area contributed by atoms with Gasteiger partial charge >= 0.3 is 0 Å². The quantitative estimate of drug-likeness (QED) is 0.700. The summed E-state index contributed by atoms with van der Waals surface area (Å²) in [5.41, 5.74) is 3.85. The number of fused-ring (bicyclic) bond motifs is 1. The van der Waals surface area contributed by atoms with Gasteiger partial charge in [-0.1, -0.05) is 36.4 Å². The number of rotatable bonds is 2. The maximum Gasteiger partial charge on any atom is 0.0488 e. The highest BCUT2D eigenvalue weighted by molar-refractivity contribution is 5.93. The molecule has 0 aliphatic rings. The van der Waals surface area contributed by atoms with Gasteiger partial charge in [0.2, 0.25) is 0 Å². The molecule has 0 saturated carbocycles. The molecular formula is C15H17N. The lowest BCUT2D eigenvalue weighted by molar-refractivity contribution is 0.953. The van der Waals surface area contributed by atoms with Crippen LogP contribution in [0.15, 0.2) is 36.4 Å². The maximum absolute atomic E-state index is 2.24. The Morgan fingerprint density at radius 2 is 1.69 bits per heavy atom. The lowest BCUT2D eigenvalue weighted by Gasteiger charge is -1.99. The molecule has 1 aromatic heterocycles. The molecule has 1 heterocycles. The first-order valence-corrected chi connectivity index (χ1v) is 5.62. The second-order valence-electron chi connectivity index (χ2n) is 3.88. The summed E-state index contributed by atoms with van der Waals surface area (Å²) in [6.07, 6.45) is 8.52. The highest BCUT2D eigenvalue weighted by Crippen LogP contribution is 2.27. The molecule has 0 fully saturated rings. The van der Waals surface area contributed by atoms with E-state index >= 15 is 0 Å².